The minimum absolute atomic E-state index is 0.548. The maximum atomic E-state index is 10.4. The van der Waals surface area contributed by atoms with E-state index in [2.05, 4.69) is 39.1 Å². The van der Waals surface area contributed by atoms with Gasteiger partial charge in [-0.3, -0.25) is 4.98 Å². The van der Waals surface area contributed by atoms with Gasteiger partial charge in [0.25, 0.3) is 0 Å². The molecule has 1 fully saturated rings. The first-order valence-corrected chi connectivity index (χ1v) is 10.7. The van der Waals surface area contributed by atoms with Crippen molar-refractivity contribution in [3.05, 3.63) is 72.7 Å². The first-order valence-electron chi connectivity index (χ1n) is 10.7. The van der Waals surface area contributed by atoms with Gasteiger partial charge in [0, 0.05) is 47.8 Å². The molecule has 0 radical (unpaired) electrons. The normalized spacial score (nSPS) is 16.8. The highest BCUT2D eigenvalue weighted by atomic mass is 16.6. The quantitative estimate of drug-likeness (QED) is 0.461. The highest BCUT2D eigenvalue weighted by Gasteiger charge is 2.23. The van der Waals surface area contributed by atoms with E-state index in [1.165, 1.54) is 16.3 Å². The van der Waals surface area contributed by atoms with E-state index >= 15 is 0 Å². The number of aliphatic hydroxyl groups is 1. The molecule has 2 N–H and O–H groups in total. The van der Waals surface area contributed by atoms with E-state index in [-0.39, 0.29) is 0 Å². The molecule has 0 spiro atoms. The summed E-state index contributed by atoms with van der Waals surface area (Å²) in [6.07, 6.45) is 7.92. The van der Waals surface area contributed by atoms with Gasteiger partial charge in [0.2, 0.25) is 0 Å². The van der Waals surface area contributed by atoms with Crippen molar-refractivity contribution in [1.29, 1.82) is 0 Å². The number of benzene rings is 2. The van der Waals surface area contributed by atoms with Crippen molar-refractivity contribution in [3.8, 4) is 5.75 Å². The Balaban J connectivity index is 1.15. The van der Waals surface area contributed by atoms with E-state index in [0.717, 1.165) is 49.1 Å². The average molecular weight is 402 g/mol. The standard InChI is InChI=1S/C25H27N3O2/c29-25(30-24-7-3-6-23-21(24)8-12-27-23)11-15-28-13-9-18(10-14-28)22-17-26-16-19-4-1-2-5-20(19)22/h1-8,12,16-18,25,27,29H,9-11,13-15H2. The third-order valence-corrected chi connectivity index (χ3v) is 6.24. The average Bonchev–Trinajstić information content (AvgIpc) is 3.28. The predicted molar refractivity (Wildman–Crippen MR) is 120 cm³/mol. The summed E-state index contributed by atoms with van der Waals surface area (Å²) in [4.78, 5) is 10.1. The van der Waals surface area contributed by atoms with Crippen LogP contribution in [0.15, 0.2) is 67.1 Å². The largest absolute Gasteiger partial charge is 0.464 e. The smallest absolute Gasteiger partial charge is 0.198 e. The van der Waals surface area contributed by atoms with Gasteiger partial charge in [-0.1, -0.05) is 30.3 Å². The van der Waals surface area contributed by atoms with Crippen LogP contribution in [0, 0.1) is 0 Å². The van der Waals surface area contributed by atoms with Gasteiger partial charge in [0.05, 0.1) is 0 Å². The van der Waals surface area contributed by atoms with Crippen molar-refractivity contribution < 1.29 is 9.84 Å². The molecule has 30 heavy (non-hydrogen) atoms. The van der Waals surface area contributed by atoms with Gasteiger partial charge in [-0.2, -0.15) is 0 Å². The molecule has 154 valence electrons. The summed E-state index contributed by atoms with van der Waals surface area (Å²) in [7, 11) is 0. The summed E-state index contributed by atoms with van der Waals surface area (Å²) in [6, 6.07) is 16.3. The number of aliphatic hydroxyl groups excluding tert-OH is 1. The predicted octanol–water partition coefficient (Wildman–Crippen LogP) is 4.68. The number of ether oxygens (including phenoxy) is 1. The molecule has 2 aromatic carbocycles. The van der Waals surface area contributed by atoms with Crippen molar-refractivity contribution in [3.63, 3.8) is 0 Å². The maximum absolute atomic E-state index is 10.4. The van der Waals surface area contributed by atoms with Gasteiger partial charge in [-0.05, 0) is 61.0 Å². The third-order valence-electron chi connectivity index (χ3n) is 6.24. The van der Waals surface area contributed by atoms with Crippen molar-refractivity contribution in [2.24, 2.45) is 0 Å². The van der Waals surface area contributed by atoms with E-state index in [9.17, 15) is 5.11 Å². The van der Waals surface area contributed by atoms with Crippen molar-refractivity contribution in [2.75, 3.05) is 19.6 Å². The van der Waals surface area contributed by atoms with E-state index in [0.29, 0.717) is 12.3 Å². The summed E-state index contributed by atoms with van der Waals surface area (Å²) in [6.45, 7) is 2.91. The van der Waals surface area contributed by atoms with Gasteiger partial charge in [-0.15, -0.1) is 0 Å². The van der Waals surface area contributed by atoms with Crippen molar-refractivity contribution >= 4 is 21.7 Å². The first-order chi connectivity index (χ1) is 14.8. The summed E-state index contributed by atoms with van der Waals surface area (Å²) >= 11 is 0. The lowest BCUT2D eigenvalue weighted by Crippen LogP contribution is -2.35. The number of fused-ring (bicyclic) bond motifs is 2. The second-order valence-electron chi connectivity index (χ2n) is 8.12. The number of nitrogens with one attached hydrogen (secondary N) is 1. The summed E-state index contributed by atoms with van der Waals surface area (Å²) in [5.74, 6) is 1.27. The second kappa shape index (κ2) is 8.46. The van der Waals surface area contributed by atoms with Crippen LogP contribution < -0.4 is 4.74 Å². The van der Waals surface area contributed by atoms with Gasteiger partial charge in [0.15, 0.2) is 6.29 Å². The van der Waals surface area contributed by atoms with Crippen LogP contribution in [0.5, 0.6) is 5.75 Å². The lowest BCUT2D eigenvalue weighted by atomic mass is 9.87. The SMILES string of the molecule is OC(CCN1CCC(c2cncc3ccccc23)CC1)Oc1cccc2[nH]ccc12. The Labute approximate surface area is 176 Å². The molecule has 5 rings (SSSR count). The molecule has 0 aliphatic carbocycles. The Morgan fingerprint density at radius 2 is 1.90 bits per heavy atom. The van der Waals surface area contributed by atoms with Gasteiger partial charge in [0.1, 0.15) is 5.75 Å². The molecule has 1 unspecified atom stereocenters. The first kappa shape index (κ1) is 19.1. The molecule has 2 aromatic heterocycles. The fourth-order valence-electron chi connectivity index (χ4n) is 4.59. The molecule has 4 aromatic rings. The van der Waals surface area contributed by atoms with E-state index < -0.39 is 6.29 Å². The minimum Gasteiger partial charge on any atom is -0.464 e. The van der Waals surface area contributed by atoms with E-state index in [4.69, 9.17) is 4.74 Å². The molecule has 1 aliphatic heterocycles. The molecular weight excluding hydrogens is 374 g/mol. The second-order valence-corrected chi connectivity index (χ2v) is 8.12. The molecule has 1 saturated heterocycles. The molecule has 3 heterocycles. The maximum Gasteiger partial charge on any atom is 0.198 e. The number of hydrogen-bond acceptors (Lipinski definition) is 4. The van der Waals surface area contributed by atoms with Crippen molar-refractivity contribution in [2.45, 2.75) is 31.5 Å². The van der Waals surface area contributed by atoms with Crippen LogP contribution in [-0.2, 0) is 0 Å². The van der Waals surface area contributed by atoms with Crippen LogP contribution in [0.3, 0.4) is 0 Å². The lowest BCUT2D eigenvalue weighted by molar-refractivity contribution is -0.0290. The number of hydrogen-bond donors (Lipinski definition) is 2. The summed E-state index contributed by atoms with van der Waals surface area (Å²) in [5, 5.41) is 14.0. The molecule has 0 amide bonds. The zero-order valence-corrected chi connectivity index (χ0v) is 17.0. The molecule has 1 aliphatic rings. The highest BCUT2D eigenvalue weighted by Crippen LogP contribution is 2.32. The Bertz CT molecular complexity index is 1130. The zero-order valence-electron chi connectivity index (χ0n) is 17.0. The van der Waals surface area contributed by atoms with Gasteiger partial charge >= 0.3 is 0 Å². The number of rotatable bonds is 6. The topological polar surface area (TPSA) is 61.4 Å². The van der Waals surface area contributed by atoms with Gasteiger partial charge < -0.3 is 19.7 Å². The molecular formula is C25H27N3O2. The zero-order chi connectivity index (χ0) is 20.3. The number of likely N-dealkylation sites (tertiary alicyclic amines) is 1. The Morgan fingerprint density at radius 1 is 1.03 bits per heavy atom. The van der Waals surface area contributed by atoms with Crippen LogP contribution in [0.1, 0.15) is 30.7 Å². The fraction of sp³-hybridized carbons (Fsp3) is 0.320. The fourth-order valence-corrected chi connectivity index (χ4v) is 4.59. The van der Waals surface area contributed by atoms with Crippen molar-refractivity contribution in [1.82, 2.24) is 14.9 Å². The monoisotopic (exact) mass is 401 g/mol. The molecule has 1 atom stereocenters. The van der Waals surface area contributed by atoms with E-state index in [1.54, 1.807) is 0 Å². The number of pyridine rings is 1. The number of H-pyrrole nitrogens is 1. The summed E-state index contributed by atoms with van der Waals surface area (Å²) in [5.41, 5.74) is 2.39. The molecule has 0 saturated carbocycles. The Morgan fingerprint density at radius 3 is 2.80 bits per heavy atom. The number of aromatic amines is 1. The van der Waals surface area contributed by atoms with Crippen LogP contribution in [0.4, 0.5) is 0 Å². The van der Waals surface area contributed by atoms with Crippen LogP contribution >= 0.6 is 0 Å². The van der Waals surface area contributed by atoms with Gasteiger partial charge in [-0.25, -0.2) is 0 Å². The highest BCUT2D eigenvalue weighted by molar-refractivity contribution is 5.86. The Kier molecular flexibility index (Phi) is 5.39. The lowest BCUT2D eigenvalue weighted by Gasteiger charge is -2.33. The summed E-state index contributed by atoms with van der Waals surface area (Å²) < 4.78 is 5.82. The van der Waals surface area contributed by atoms with E-state index in [1.807, 2.05) is 42.9 Å². The minimum atomic E-state index is -0.800. The third kappa shape index (κ3) is 3.91. The molecule has 5 nitrogen and oxygen atoms in total. The number of nitrogens with zero attached hydrogens (tertiary/aromatic N) is 2. The van der Waals surface area contributed by atoms with Crippen LogP contribution in [0.25, 0.3) is 21.7 Å². The number of aromatic nitrogens is 2. The van der Waals surface area contributed by atoms with Crippen LogP contribution in [0.2, 0.25) is 0 Å². The van der Waals surface area contributed by atoms with Crippen LogP contribution in [-0.4, -0.2) is 45.9 Å². The molecule has 0 bridgehead atoms. The number of piperidine rings is 1. The molecule has 5 heteroatoms. The Hall–Kier alpha value is -2.89.